The van der Waals surface area contributed by atoms with Gasteiger partial charge in [0.15, 0.2) is 0 Å². The standard InChI is InChI=1S/C24H23NO4Se/c1-25-16-10-13-8-9-17(28-2)22-20(13)24(12-19(25)26)15(16)11-18(21(27)23(24)29-22)30-14-6-4-3-5-7-14/h3-9,15-16,18,23H,10-12H2,1-2H3/t15-,16+,18?,23+,24-/m1/s1. The molecular weight excluding hydrogens is 445 g/mol. The topological polar surface area (TPSA) is 55.8 Å². The summed E-state index contributed by atoms with van der Waals surface area (Å²) >= 11 is 0.0410. The van der Waals surface area contributed by atoms with Crippen LogP contribution in [0, 0.1) is 5.92 Å². The third-order valence-corrected chi connectivity index (χ3v) is 10.2. The molecule has 154 valence electrons. The van der Waals surface area contributed by atoms with Crippen LogP contribution in [-0.2, 0) is 21.4 Å². The van der Waals surface area contributed by atoms with Crippen molar-refractivity contribution in [3.8, 4) is 11.5 Å². The van der Waals surface area contributed by atoms with Crippen LogP contribution in [0.4, 0.5) is 0 Å². The van der Waals surface area contributed by atoms with Gasteiger partial charge in [-0.3, -0.25) is 0 Å². The van der Waals surface area contributed by atoms with Gasteiger partial charge in [0.05, 0.1) is 0 Å². The molecule has 30 heavy (non-hydrogen) atoms. The quantitative estimate of drug-likeness (QED) is 0.646. The molecule has 2 bridgehead atoms. The molecule has 4 aliphatic rings. The molecule has 1 saturated heterocycles. The molecular formula is C24H23NO4Se. The van der Waals surface area contributed by atoms with Crippen molar-refractivity contribution in [1.29, 1.82) is 0 Å². The number of methoxy groups -OCH3 is 1. The summed E-state index contributed by atoms with van der Waals surface area (Å²) in [5, 5.41) is 0. The Hall–Kier alpha value is -2.30. The van der Waals surface area contributed by atoms with Gasteiger partial charge in [-0.25, -0.2) is 0 Å². The second kappa shape index (κ2) is 6.35. The fraction of sp³-hybridized carbons (Fsp3) is 0.417. The predicted molar refractivity (Wildman–Crippen MR) is 113 cm³/mol. The molecule has 1 spiro atoms. The summed E-state index contributed by atoms with van der Waals surface area (Å²) in [4.78, 5) is 28.7. The van der Waals surface area contributed by atoms with E-state index in [0.717, 1.165) is 18.4 Å². The number of carbonyl (C=O) groups excluding carboxylic acids is 2. The van der Waals surface area contributed by atoms with E-state index in [1.165, 1.54) is 10.0 Å². The molecule has 2 aliphatic carbocycles. The van der Waals surface area contributed by atoms with E-state index < -0.39 is 11.5 Å². The van der Waals surface area contributed by atoms with Crippen LogP contribution in [0.5, 0.6) is 11.5 Å². The van der Waals surface area contributed by atoms with Crippen LogP contribution in [0.25, 0.3) is 0 Å². The van der Waals surface area contributed by atoms with Gasteiger partial charge in [-0.2, -0.15) is 0 Å². The number of nitrogens with zero attached hydrogens (tertiary/aromatic N) is 1. The first kappa shape index (κ1) is 18.5. The van der Waals surface area contributed by atoms with Crippen LogP contribution in [0.3, 0.4) is 0 Å². The first-order chi connectivity index (χ1) is 14.5. The van der Waals surface area contributed by atoms with E-state index in [0.29, 0.717) is 17.9 Å². The third kappa shape index (κ3) is 2.24. The van der Waals surface area contributed by atoms with Crippen molar-refractivity contribution >= 4 is 31.1 Å². The molecule has 0 radical (unpaired) electrons. The van der Waals surface area contributed by atoms with Gasteiger partial charge in [0.2, 0.25) is 0 Å². The van der Waals surface area contributed by atoms with Crippen LogP contribution in [0.15, 0.2) is 42.5 Å². The number of Topliss-reactive ketones (excluding diaryl/α,β-unsaturated/α-hetero) is 1. The minimum absolute atomic E-state index is 0.0333. The summed E-state index contributed by atoms with van der Waals surface area (Å²) in [5.74, 6) is 1.88. The Morgan fingerprint density at radius 2 is 1.97 bits per heavy atom. The van der Waals surface area contributed by atoms with Gasteiger partial charge in [-0.05, 0) is 0 Å². The van der Waals surface area contributed by atoms with E-state index in [1.54, 1.807) is 7.11 Å². The maximum atomic E-state index is 13.8. The molecule has 1 unspecified atom stereocenters. The van der Waals surface area contributed by atoms with E-state index in [1.807, 2.05) is 36.2 Å². The van der Waals surface area contributed by atoms with Crippen molar-refractivity contribution in [2.45, 2.75) is 41.6 Å². The van der Waals surface area contributed by atoms with Gasteiger partial charge in [-0.1, -0.05) is 0 Å². The number of piperidine rings is 1. The first-order valence-corrected chi connectivity index (χ1v) is 12.3. The molecule has 2 heterocycles. The van der Waals surface area contributed by atoms with Crippen molar-refractivity contribution in [3.05, 3.63) is 53.6 Å². The van der Waals surface area contributed by atoms with Gasteiger partial charge in [0.1, 0.15) is 0 Å². The number of hydrogen-bond acceptors (Lipinski definition) is 4. The summed E-state index contributed by atoms with van der Waals surface area (Å²) in [6.07, 6.45) is 1.40. The Labute approximate surface area is 181 Å². The molecule has 1 saturated carbocycles. The Balaban J connectivity index is 1.50. The van der Waals surface area contributed by atoms with Crippen molar-refractivity contribution in [3.63, 3.8) is 0 Å². The van der Waals surface area contributed by atoms with Crippen molar-refractivity contribution in [1.82, 2.24) is 4.90 Å². The number of hydrogen-bond donors (Lipinski definition) is 0. The van der Waals surface area contributed by atoms with Gasteiger partial charge in [0, 0.05) is 0 Å². The van der Waals surface area contributed by atoms with E-state index in [2.05, 4.69) is 18.2 Å². The average Bonchev–Trinajstić information content (AvgIpc) is 3.10. The Morgan fingerprint density at radius 1 is 1.17 bits per heavy atom. The summed E-state index contributed by atoms with van der Waals surface area (Å²) in [6, 6.07) is 14.5. The number of likely N-dealkylation sites (tertiary alicyclic amines) is 1. The number of amides is 1. The van der Waals surface area contributed by atoms with Crippen molar-refractivity contribution in [2.24, 2.45) is 5.92 Å². The number of ketones is 1. The number of carbonyl (C=O) groups is 2. The molecule has 0 N–H and O–H groups in total. The number of likely N-dealkylation sites (N-methyl/N-ethyl adjacent to an activating group) is 1. The molecule has 2 aliphatic heterocycles. The zero-order chi connectivity index (χ0) is 20.6. The zero-order valence-electron chi connectivity index (χ0n) is 17.0. The van der Waals surface area contributed by atoms with E-state index in [-0.39, 0.29) is 43.4 Å². The normalized spacial score (nSPS) is 33.2. The number of rotatable bonds is 3. The summed E-state index contributed by atoms with van der Waals surface area (Å²) in [7, 11) is 3.56. The van der Waals surface area contributed by atoms with Crippen LogP contribution in [0.2, 0.25) is 4.82 Å². The summed E-state index contributed by atoms with van der Waals surface area (Å²) < 4.78 is 13.3. The molecule has 2 aromatic rings. The van der Waals surface area contributed by atoms with E-state index >= 15 is 0 Å². The second-order valence-corrected chi connectivity index (χ2v) is 11.5. The minimum atomic E-state index is -0.586. The number of benzene rings is 2. The van der Waals surface area contributed by atoms with Gasteiger partial charge in [-0.15, -0.1) is 0 Å². The van der Waals surface area contributed by atoms with Crippen LogP contribution >= 0.6 is 0 Å². The molecule has 2 fully saturated rings. The molecule has 5 nitrogen and oxygen atoms in total. The molecule has 5 atom stereocenters. The predicted octanol–water partition coefficient (Wildman–Crippen LogP) is 1.89. The fourth-order valence-corrected chi connectivity index (χ4v) is 8.74. The molecule has 6 rings (SSSR count). The van der Waals surface area contributed by atoms with Crippen molar-refractivity contribution < 1.29 is 19.1 Å². The SMILES string of the molecule is COc1ccc2c3c1O[C@H]1C(=O)C([Se]c4ccccc4)C[C@@H]4[C@H](C2)N(C)C(=O)C[C@]341. The second-order valence-electron chi connectivity index (χ2n) is 8.79. The van der Waals surface area contributed by atoms with Gasteiger partial charge < -0.3 is 0 Å². The number of ether oxygens (including phenoxy) is 2. The third-order valence-electron chi connectivity index (χ3n) is 7.55. The van der Waals surface area contributed by atoms with Crippen LogP contribution < -0.4 is 13.9 Å². The van der Waals surface area contributed by atoms with Crippen molar-refractivity contribution in [2.75, 3.05) is 14.2 Å². The molecule has 0 aromatic heterocycles. The summed E-state index contributed by atoms with van der Waals surface area (Å²) in [6.45, 7) is 0. The van der Waals surface area contributed by atoms with Gasteiger partial charge >= 0.3 is 182 Å². The first-order valence-electron chi connectivity index (χ1n) is 10.4. The monoisotopic (exact) mass is 469 g/mol. The summed E-state index contributed by atoms with van der Waals surface area (Å²) in [5.41, 5.74) is 1.74. The fourth-order valence-electron chi connectivity index (χ4n) is 6.25. The molecule has 1 amide bonds. The van der Waals surface area contributed by atoms with Crippen LogP contribution in [0.1, 0.15) is 24.0 Å². The van der Waals surface area contributed by atoms with E-state index in [9.17, 15) is 9.59 Å². The van der Waals surface area contributed by atoms with E-state index in [4.69, 9.17) is 9.47 Å². The van der Waals surface area contributed by atoms with Crippen LogP contribution in [-0.4, -0.2) is 57.9 Å². The Bertz CT molecular complexity index is 1070. The van der Waals surface area contributed by atoms with Gasteiger partial charge in [0.25, 0.3) is 0 Å². The average molecular weight is 468 g/mol. The zero-order valence-corrected chi connectivity index (χ0v) is 18.7. The Kier molecular flexibility index (Phi) is 3.91. The molecule has 2 aromatic carbocycles. The Morgan fingerprint density at radius 3 is 2.73 bits per heavy atom. The maximum absolute atomic E-state index is 13.8. The molecule has 6 heteroatoms.